The number of nitrogens with zero attached hydrogens (tertiary/aromatic N) is 3. The summed E-state index contributed by atoms with van der Waals surface area (Å²) in [6.07, 6.45) is 3.32. The third kappa shape index (κ3) is 4.26. The smallest absolute Gasteiger partial charge is 0.100 e. The van der Waals surface area contributed by atoms with Crippen LogP contribution >= 0.6 is 6.89 Å². The number of rotatable bonds is 4. The average Bonchev–Trinajstić information content (AvgIpc) is 3.10. The molecular formula is C40H24N3P. The van der Waals surface area contributed by atoms with Crippen molar-refractivity contribution in [3.8, 4) is 40.5 Å². The fourth-order valence-electron chi connectivity index (χ4n) is 6.33. The van der Waals surface area contributed by atoms with E-state index in [9.17, 15) is 15.8 Å². The first kappa shape index (κ1) is 27.0. The van der Waals surface area contributed by atoms with E-state index in [4.69, 9.17) is 0 Å². The Morgan fingerprint density at radius 1 is 0.432 bits per heavy atom. The van der Waals surface area contributed by atoms with Gasteiger partial charge in [0.25, 0.3) is 0 Å². The molecule has 0 N–H and O–H groups in total. The zero-order chi connectivity index (χ0) is 30.1. The van der Waals surface area contributed by atoms with Crippen molar-refractivity contribution in [1.29, 1.82) is 15.8 Å². The van der Waals surface area contributed by atoms with Crippen molar-refractivity contribution >= 4 is 44.3 Å². The van der Waals surface area contributed by atoms with Gasteiger partial charge in [-0.25, -0.2) is 0 Å². The van der Waals surface area contributed by atoms with Gasteiger partial charge in [-0.2, -0.15) is 15.8 Å². The number of nitriles is 3. The van der Waals surface area contributed by atoms with Crippen molar-refractivity contribution < 1.29 is 0 Å². The summed E-state index contributed by atoms with van der Waals surface area (Å²) >= 11 is 0. The van der Waals surface area contributed by atoms with Crippen LogP contribution in [-0.2, 0) is 0 Å². The molecule has 1 heterocycles. The van der Waals surface area contributed by atoms with E-state index >= 15 is 0 Å². The second kappa shape index (κ2) is 11.1. The van der Waals surface area contributed by atoms with Gasteiger partial charge in [-0.15, -0.1) is 0 Å². The van der Waals surface area contributed by atoms with Crippen LogP contribution in [0.5, 0.6) is 0 Å². The van der Waals surface area contributed by atoms with Crippen molar-refractivity contribution in [2.75, 3.05) is 0 Å². The van der Waals surface area contributed by atoms with Gasteiger partial charge in [0.2, 0.25) is 0 Å². The average molecular weight is 578 g/mol. The van der Waals surface area contributed by atoms with Crippen LogP contribution in [0.2, 0.25) is 0 Å². The van der Waals surface area contributed by atoms with E-state index in [-0.39, 0.29) is 0 Å². The predicted molar refractivity (Wildman–Crippen MR) is 183 cm³/mol. The number of fused-ring (bicyclic) bond motifs is 2. The van der Waals surface area contributed by atoms with Gasteiger partial charge < -0.3 is 0 Å². The molecular weight excluding hydrogens is 553 g/mol. The minimum atomic E-state index is -2.86. The van der Waals surface area contributed by atoms with Crippen molar-refractivity contribution in [3.63, 3.8) is 0 Å². The van der Waals surface area contributed by atoms with Crippen molar-refractivity contribution in [2.24, 2.45) is 0 Å². The molecule has 0 aromatic heterocycles. The van der Waals surface area contributed by atoms with Gasteiger partial charge in [0, 0.05) is 6.89 Å². The van der Waals surface area contributed by atoms with E-state index < -0.39 is 6.89 Å². The first-order chi connectivity index (χ1) is 21.7. The van der Waals surface area contributed by atoms with Gasteiger partial charge in [-0.05, 0) is 66.6 Å². The van der Waals surface area contributed by atoms with Crippen molar-refractivity contribution in [3.05, 3.63) is 156 Å². The highest BCUT2D eigenvalue weighted by molar-refractivity contribution is 7.93. The second-order valence-corrected chi connectivity index (χ2v) is 14.0. The lowest BCUT2D eigenvalue weighted by atomic mass is 9.98. The monoisotopic (exact) mass is 577 g/mol. The summed E-state index contributed by atoms with van der Waals surface area (Å²) in [5.74, 6) is 0. The Hall–Kier alpha value is -5.91. The van der Waals surface area contributed by atoms with Crippen LogP contribution in [0.4, 0.5) is 0 Å². The molecule has 44 heavy (non-hydrogen) atoms. The number of hydrogen-bond donors (Lipinski definition) is 0. The molecule has 0 aliphatic carbocycles. The second-order valence-electron chi connectivity index (χ2n) is 10.7. The molecule has 204 valence electrons. The maximum absolute atomic E-state index is 10.5. The van der Waals surface area contributed by atoms with Crippen LogP contribution in [0.1, 0.15) is 0 Å². The van der Waals surface area contributed by atoms with Crippen LogP contribution in [-0.4, -0.2) is 5.29 Å². The van der Waals surface area contributed by atoms with Gasteiger partial charge in [0.1, 0.15) is 12.1 Å². The van der Waals surface area contributed by atoms with E-state index in [2.05, 4.69) is 127 Å². The molecule has 0 unspecified atom stereocenters. The quantitative estimate of drug-likeness (QED) is 0.197. The zero-order valence-electron chi connectivity index (χ0n) is 23.6. The van der Waals surface area contributed by atoms with Gasteiger partial charge in [-0.1, -0.05) is 133 Å². The summed E-state index contributed by atoms with van der Waals surface area (Å²) < 4.78 is 0. The normalized spacial score (nSPS) is 13.8. The molecule has 0 radical (unpaired) electrons. The van der Waals surface area contributed by atoms with Crippen LogP contribution in [0.3, 0.4) is 0 Å². The molecule has 0 spiro atoms. The Morgan fingerprint density at radius 2 is 0.909 bits per heavy atom. The zero-order valence-corrected chi connectivity index (χ0v) is 24.5. The molecule has 0 atom stereocenters. The molecule has 0 bridgehead atoms. The Morgan fingerprint density at radius 3 is 1.36 bits per heavy atom. The van der Waals surface area contributed by atoms with Gasteiger partial charge in [0.05, 0.1) is 22.3 Å². The fraction of sp³-hybridized carbons (Fsp3) is 0. The maximum atomic E-state index is 10.5. The summed E-state index contributed by atoms with van der Waals surface area (Å²) in [7, 11) is 0. The highest BCUT2D eigenvalue weighted by Crippen LogP contribution is 2.57. The van der Waals surface area contributed by atoms with E-state index in [1.165, 1.54) is 10.8 Å². The summed E-state index contributed by atoms with van der Waals surface area (Å²) in [6.45, 7) is -2.86. The SMILES string of the molecule is N#CC1=CC(C#N)=P(c2ccc(-c3cccc4ccccc34)cc2)(c2ccc(-c3cccc4ccccc34)cc2)C(C#N)=C1. The van der Waals surface area contributed by atoms with Gasteiger partial charge >= 0.3 is 0 Å². The summed E-state index contributed by atoms with van der Waals surface area (Å²) in [6, 6.07) is 52.7. The highest BCUT2D eigenvalue weighted by Gasteiger charge is 2.34. The molecule has 1 aliphatic rings. The van der Waals surface area contributed by atoms with Crippen LogP contribution in [0.15, 0.2) is 156 Å². The summed E-state index contributed by atoms with van der Waals surface area (Å²) in [5.41, 5.74) is 4.67. The molecule has 6 aromatic rings. The first-order valence-electron chi connectivity index (χ1n) is 14.3. The lowest BCUT2D eigenvalue weighted by Crippen LogP contribution is -2.24. The van der Waals surface area contributed by atoms with E-state index in [0.29, 0.717) is 16.2 Å². The molecule has 0 fully saturated rings. The van der Waals surface area contributed by atoms with Crippen LogP contribution < -0.4 is 10.6 Å². The number of allylic oxidation sites excluding steroid dienone is 4. The van der Waals surface area contributed by atoms with E-state index in [1.807, 2.05) is 24.3 Å². The molecule has 0 amide bonds. The molecule has 4 heteroatoms. The Kier molecular flexibility index (Phi) is 6.78. The first-order valence-corrected chi connectivity index (χ1v) is 16.0. The maximum Gasteiger partial charge on any atom is 0.100 e. The topological polar surface area (TPSA) is 71.4 Å². The van der Waals surface area contributed by atoms with Crippen molar-refractivity contribution in [1.82, 2.24) is 0 Å². The molecule has 6 aromatic carbocycles. The predicted octanol–water partition coefficient (Wildman–Crippen LogP) is 8.86. The minimum absolute atomic E-state index is 0.313. The van der Waals surface area contributed by atoms with Gasteiger partial charge in [0.15, 0.2) is 0 Å². The van der Waals surface area contributed by atoms with E-state index in [1.54, 1.807) is 12.2 Å². The van der Waals surface area contributed by atoms with Crippen LogP contribution in [0.25, 0.3) is 43.8 Å². The summed E-state index contributed by atoms with van der Waals surface area (Å²) in [4.78, 5) is 0. The largest absolute Gasteiger partial charge is 0.192 e. The number of benzene rings is 6. The Bertz CT molecular complexity index is 2210. The molecule has 7 rings (SSSR count). The Balaban J connectivity index is 1.44. The van der Waals surface area contributed by atoms with E-state index in [0.717, 1.165) is 43.6 Å². The van der Waals surface area contributed by atoms with Gasteiger partial charge in [-0.3, -0.25) is 0 Å². The highest BCUT2D eigenvalue weighted by atomic mass is 31.2. The standard InChI is InChI=1S/C40H24N3P/c41-25-28-23-35(26-42)44(36(24-28)27-43,33-19-15-31(16-20-33)39-13-5-9-29-7-1-3-11-37(29)39)34-21-17-32(18-22-34)40-14-6-10-30-8-2-4-12-38(30)40/h1-24H. The lowest BCUT2D eigenvalue weighted by Gasteiger charge is -2.30. The lowest BCUT2D eigenvalue weighted by molar-refractivity contribution is 1.48. The third-order valence-electron chi connectivity index (χ3n) is 8.38. The third-order valence-corrected chi connectivity index (χ3v) is 12.4. The molecule has 3 nitrogen and oxygen atoms in total. The molecule has 1 aliphatic heterocycles. The van der Waals surface area contributed by atoms with Crippen molar-refractivity contribution in [2.45, 2.75) is 0 Å². The fourth-order valence-corrected chi connectivity index (χ4v) is 10.2. The number of hydrogen-bond acceptors (Lipinski definition) is 3. The Labute approximate surface area is 256 Å². The molecule has 0 saturated heterocycles. The van der Waals surface area contributed by atoms with Crippen LogP contribution in [0, 0.1) is 34.0 Å². The summed E-state index contributed by atoms with van der Waals surface area (Å²) in [5, 5.41) is 38.2. The molecule has 0 saturated carbocycles. The minimum Gasteiger partial charge on any atom is -0.192 e.